The first-order valence-electron chi connectivity index (χ1n) is 6.23. The normalized spacial score (nSPS) is 11.0. The second kappa shape index (κ2) is 6.42. The predicted octanol–water partition coefficient (Wildman–Crippen LogP) is 2.75. The van der Waals surface area contributed by atoms with Crippen LogP contribution in [0.3, 0.4) is 0 Å². The molecule has 0 aromatic heterocycles. The monoisotopic (exact) mass is 283 g/mol. The number of para-hydroxylation sites is 1. The van der Waals surface area contributed by atoms with Gasteiger partial charge in [-0.3, -0.25) is 14.9 Å². The van der Waals surface area contributed by atoms with Crippen LogP contribution in [0.4, 0.5) is 5.69 Å². The number of hydrazone groups is 1. The summed E-state index contributed by atoms with van der Waals surface area (Å²) >= 11 is 0. The Balaban J connectivity index is 2.18. The highest BCUT2D eigenvalue weighted by atomic mass is 16.6. The molecule has 6 nitrogen and oxygen atoms in total. The number of nitrogens with zero attached hydrogens (tertiary/aromatic N) is 2. The van der Waals surface area contributed by atoms with Gasteiger partial charge in [0.25, 0.3) is 11.6 Å². The summed E-state index contributed by atoms with van der Waals surface area (Å²) in [6.07, 6.45) is 0. The average molecular weight is 283 g/mol. The van der Waals surface area contributed by atoms with Crippen LogP contribution >= 0.6 is 0 Å². The van der Waals surface area contributed by atoms with Gasteiger partial charge in [-0.25, -0.2) is 5.43 Å². The van der Waals surface area contributed by atoms with Gasteiger partial charge >= 0.3 is 0 Å². The summed E-state index contributed by atoms with van der Waals surface area (Å²) in [5, 5.41) is 14.8. The van der Waals surface area contributed by atoms with Crippen LogP contribution in [0, 0.1) is 10.1 Å². The van der Waals surface area contributed by atoms with Gasteiger partial charge in [-0.15, -0.1) is 0 Å². The Morgan fingerprint density at radius 1 is 1.10 bits per heavy atom. The number of benzene rings is 2. The van der Waals surface area contributed by atoms with E-state index in [1.165, 1.54) is 18.2 Å². The third kappa shape index (κ3) is 3.50. The molecule has 0 unspecified atom stereocenters. The second-order valence-corrected chi connectivity index (χ2v) is 4.28. The van der Waals surface area contributed by atoms with E-state index in [2.05, 4.69) is 10.5 Å². The Labute approximate surface area is 121 Å². The Hall–Kier alpha value is -3.02. The highest BCUT2D eigenvalue weighted by Gasteiger charge is 2.18. The Kier molecular flexibility index (Phi) is 4.40. The predicted molar refractivity (Wildman–Crippen MR) is 79.2 cm³/mol. The van der Waals surface area contributed by atoms with Crippen molar-refractivity contribution < 1.29 is 9.72 Å². The van der Waals surface area contributed by atoms with Crippen molar-refractivity contribution in [2.24, 2.45) is 5.10 Å². The summed E-state index contributed by atoms with van der Waals surface area (Å²) in [6, 6.07) is 15.1. The molecule has 106 valence electrons. The van der Waals surface area contributed by atoms with Gasteiger partial charge in [0.1, 0.15) is 5.56 Å². The quantitative estimate of drug-likeness (QED) is 0.532. The van der Waals surface area contributed by atoms with Crippen molar-refractivity contribution in [3.05, 3.63) is 75.8 Å². The highest BCUT2D eigenvalue weighted by Crippen LogP contribution is 2.17. The van der Waals surface area contributed by atoms with Crippen molar-refractivity contribution in [3.8, 4) is 0 Å². The largest absolute Gasteiger partial charge is 0.282 e. The number of rotatable bonds is 4. The molecule has 0 aliphatic heterocycles. The van der Waals surface area contributed by atoms with E-state index in [4.69, 9.17) is 0 Å². The Morgan fingerprint density at radius 3 is 2.38 bits per heavy atom. The van der Waals surface area contributed by atoms with Crippen LogP contribution in [0.2, 0.25) is 0 Å². The number of nitro groups is 1. The summed E-state index contributed by atoms with van der Waals surface area (Å²) in [5.74, 6) is -0.613. The molecule has 2 rings (SSSR count). The van der Waals surface area contributed by atoms with Gasteiger partial charge in [0, 0.05) is 6.07 Å². The molecule has 0 atom stereocenters. The molecule has 21 heavy (non-hydrogen) atoms. The van der Waals surface area contributed by atoms with Gasteiger partial charge in [-0.2, -0.15) is 5.10 Å². The number of hydrogen-bond acceptors (Lipinski definition) is 4. The molecule has 2 aromatic rings. The van der Waals surface area contributed by atoms with Gasteiger partial charge in [-0.1, -0.05) is 42.5 Å². The molecule has 6 heteroatoms. The molecule has 0 heterocycles. The van der Waals surface area contributed by atoms with Crippen LogP contribution in [0.1, 0.15) is 22.8 Å². The minimum absolute atomic E-state index is 0.0212. The molecule has 0 aliphatic carbocycles. The number of nitro benzene ring substituents is 1. The van der Waals surface area contributed by atoms with E-state index in [0.717, 1.165) is 5.56 Å². The van der Waals surface area contributed by atoms with Gasteiger partial charge in [0.2, 0.25) is 0 Å². The van der Waals surface area contributed by atoms with Crippen molar-refractivity contribution in [2.75, 3.05) is 0 Å². The summed E-state index contributed by atoms with van der Waals surface area (Å²) in [7, 11) is 0. The Morgan fingerprint density at radius 2 is 1.71 bits per heavy atom. The molecule has 0 bridgehead atoms. The van der Waals surface area contributed by atoms with Crippen molar-refractivity contribution in [2.45, 2.75) is 6.92 Å². The minimum atomic E-state index is -0.613. The molecule has 0 saturated heterocycles. The van der Waals surface area contributed by atoms with Crippen LogP contribution in [0.25, 0.3) is 0 Å². The molecular formula is C15H13N3O3. The van der Waals surface area contributed by atoms with Crippen LogP contribution in [-0.4, -0.2) is 16.5 Å². The van der Waals surface area contributed by atoms with Gasteiger partial charge in [0.05, 0.1) is 10.6 Å². The molecule has 0 radical (unpaired) electrons. The van der Waals surface area contributed by atoms with E-state index >= 15 is 0 Å². The lowest BCUT2D eigenvalue weighted by atomic mass is 10.1. The Bertz CT molecular complexity index is 696. The van der Waals surface area contributed by atoms with E-state index in [0.29, 0.717) is 5.71 Å². The fraction of sp³-hybridized carbons (Fsp3) is 0.0667. The van der Waals surface area contributed by atoms with Crippen molar-refractivity contribution >= 4 is 17.3 Å². The van der Waals surface area contributed by atoms with E-state index in [1.807, 2.05) is 30.3 Å². The third-order valence-corrected chi connectivity index (χ3v) is 2.86. The molecule has 0 aliphatic rings. The number of hydrogen-bond donors (Lipinski definition) is 1. The topological polar surface area (TPSA) is 84.6 Å². The zero-order valence-corrected chi connectivity index (χ0v) is 11.3. The zero-order valence-electron chi connectivity index (χ0n) is 11.3. The fourth-order valence-corrected chi connectivity index (χ4v) is 1.76. The van der Waals surface area contributed by atoms with Crippen molar-refractivity contribution in [1.29, 1.82) is 0 Å². The first-order chi connectivity index (χ1) is 10.1. The van der Waals surface area contributed by atoms with E-state index < -0.39 is 10.8 Å². The molecular weight excluding hydrogens is 270 g/mol. The van der Waals surface area contributed by atoms with Crippen molar-refractivity contribution in [3.63, 3.8) is 0 Å². The molecule has 0 spiro atoms. The standard InChI is InChI=1S/C15H13N3O3/c1-11(12-7-3-2-4-8-12)16-17-15(19)13-9-5-6-10-14(13)18(20)21/h2-10H,1H3,(H,17,19)/b16-11+. The minimum Gasteiger partial charge on any atom is -0.267 e. The number of carbonyl (C=O) groups excluding carboxylic acids is 1. The maximum atomic E-state index is 12.0. The van der Waals surface area contributed by atoms with E-state index in [-0.39, 0.29) is 11.3 Å². The second-order valence-electron chi connectivity index (χ2n) is 4.28. The van der Waals surface area contributed by atoms with Gasteiger partial charge < -0.3 is 0 Å². The first-order valence-corrected chi connectivity index (χ1v) is 6.23. The number of nitrogens with one attached hydrogen (secondary N) is 1. The van der Waals surface area contributed by atoms with Crippen LogP contribution < -0.4 is 5.43 Å². The first kappa shape index (κ1) is 14.4. The van der Waals surface area contributed by atoms with Gasteiger partial charge in [-0.05, 0) is 18.6 Å². The van der Waals surface area contributed by atoms with E-state index in [1.54, 1.807) is 13.0 Å². The lowest BCUT2D eigenvalue weighted by molar-refractivity contribution is -0.385. The summed E-state index contributed by atoms with van der Waals surface area (Å²) in [6.45, 7) is 1.75. The maximum absolute atomic E-state index is 12.0. The molecule has 1 amide bonds. The molecule has 0 fully saturated rings. The number of carbonyl (C=O) groups is 1. The number of amides is 1. The molecule has 0 saturated carbocycles. The lowest BCUT2D eigenvalue weighted by Crippen LogP contribution is -2.20. The third-order valence-electron chi connectivity index (χ3n) is 2.86. The zero-order chi connectivity index (χ0) is 15.2. The van der Waals surface area contributed by atoms with Crippen LogP contribution in [-0.2, 0) is 0 Å². The van der Waals surface area contributed by atoms with Crippen molar-refractivity contribution in [1.82, 2.24) is 5.43 Å². The smallest absolute Gasteiger partial charge is 0.267 e. The SMILES string of the molecule is C/C(=N\NC(=O)c1ccccc1[N+](=O)[O-])c1ccccc1. The average Bonchev–Trinajstić information content (AvgIpc) is 2.53. The molecule has 2 aromatic carbocycles. The maximum Gasteiger partial charge on any atom is 0.282 e. The van der Waals surface area contributed by atoms with Gasteiger partial charge in [0.15, 0.2) is 0 Å². The van der Waals surface area contributed by atoms with Crippen LogP contribution in [0.15, 0.2) is 59.7 Å². The summed E-state index contributed by atoms with van der Waals surface area (Å²) in [4.78, 5) is 22.3. The van der Waals surface area contributed by atoms with E-state index in [9.17, 15) is 14.9 Å². The lowest BCUT2D eigenvalue weighted by Gasteiger charge is -2.03. The fourth-order valence-electron chi connectivity index (χ4n) is 1.76. The molecule has 1 N–H and O–H groups in total. The highest BCUT2D eigenvalue weighted by molar-refractivity contribution is 6.02. The summed E-state index contributed by atoms with van der Waals surface area (Å²) in [5.41, 5.74) is 3.54. The van der Waals surface area contributed by atoms with Crippen LogP contribution in [0.5, 0.6) is 0 Å². The summed E-state index contributed by atoms with van der Waals surface area (Å²) < 4.78 is 0.